The summed E-state index contributed by atoms with van der Waals surface area (Å²) in [5, 5.41) is 86.0. The third-order valence-corrected chi connectivity index (χ3v) is 8.70. The number of carbonyl (C=O) groups excluding carboxylic acids is 2. The average Bonchev–Trinajstić information content (AvgIpc) is 3.06. The molecule has 0 aliphatic carbocycles. The van der Waals surface area contributed by atoms with Gasteiger partial charge in [0.05, 0.1) is 26.4 Å². The van der Waals surface area contributed by atoms with E-state index in [9.17, 15) is 50.4 Å². The number of unbranched alkanes of at least 4 members (excludes halogenated alkanes) is 5. The number of methoxy groups -OCH3 is 1. The molecule has 3 aliphatic rings. The van der Waals surface area contributed by atoms with Crippen LogP contribution in [-0.2, 0) is 42.7 Å². The monoisotopic (exact) mass is 699 g/mol. The van der Waals surface area contributed by atoms with E-state index in [4.69, 9.17) is 28.4 Å². The minimum Gasteiger partial charge on any atom is -0.469 e. The van der Waals surface area contributed by atoms with Crippen molar-refractivity contribution in [2.75, 3.05) is 26.9 Å². The van der Waals surface area contributed by atoms with Gasteiger partial charge in [0.1, 0.15) is 67.1 Å². The largest absolute Gasteiger partial charge is 0.469 e. The van der Waals surface area contributed by atoms with Crippen LogP contribution < -0.4 is 5.32 Å². The molecule has 1 amide bonds. The zero-order chi connectivity index (χ0) is 35.5. The highest BCUT2D eigenvalue weighted by Crippen LogP contribution is 2.31. The van der Waals surface area contributed by atoms with Crippen molar-refractivity contribution < 1.29 is 83.6 Å². The Morgan fingerprint density at radius 3 is 1.96 bits per heavy atom. The molecule has 0 spiro atoms. The number of nitrogens with one attached hydrogen (secondary N) is 1. The Balaban J connectivity index is 1.59. The number of carbonyl (C=O) groups is 2. The quantitative estimate of drug-likeness (QED) is 0.0527. The summed E-state index contributed by atoms with van der Waals surface area (Å²) in [6, 6.07) is -1.37. The van der Waals surface area contributed by atoms with Crippen molar-refractivity contribution in [3.63, 3.8) is 0 Å². The van der Waals surface area contributed by atoms with Gasteiger partial charge in [-0.1, -0.05) is 25.7 Å². The minimum absolute atomic E-state index is 0.190. The van der Waals surface area contributed by atoms with Gasteiger partial charge in [-0.05, 0) is 19.8 Å². The van der Waals surface area contributed by atoms with E-state index >= 15 is 0 Å². The highest BCUT2D eigenvalue weighted by atomic mass is 16.8. The van der Waals surface area contributed by atoms with E-state index < -0.39 is 111 Å². The van der Waals surface area contributed by atoms with Gasteiger partial charge in [-0.25, -0.2) is 0 Å². The van der Waals surface area contributed by atoms with Crippen LogP contribution in [0.15, 0.2) is 0 Å². The summed E-state index contributed by atoms with van der Waals surface area (Å²) in [6.45, 7) is 1.60. The van der Waals surface area contributed by atoms with E-state index in [0.29, 0.717) is 12.8 Å². The molecule has 0 aromatic carbocycles. The Labute approximate surface area is 278 Å². The molecule has 3 rings (SSSR count). The topological polar surface area (TPSA) is 273 Å². The molecule has 3 aliphatic heterocycles. The van der Waals surface area contributed by atoms with Gasteiger partial charge in [0.25, 0.3) is 0 Å². The molecular formula is C30H53NO17. The van der Waals surface area contributed by atoms with E-state index in [0.717, 1.165) is 39.0 Å². The first-order chi connectivity index (χ1) is 22.8. The average molecular weight is 700 g/mol. The summed E-state index contributed by atoms with van der Waals surface area (Å²) in [5.41, 5.74) is 0. The third-order valence-electron chi connectivity index (χ3n) is 8.70. The number of hydrogen-bond acceptors (Lipinski definition) is 17. The van der Waals surface area contributed by atoms with Crippen molar-refractivity contribution in [2.24, 2.45) is 0 Å². The predicted molar refractivity (Wildman–Crippen MR) is 160 cm³/mol. The summed E-state index contributed by atoms with van der Waals surface area (Å²) in [6.07, 6.45) is -15.4. The number of hydrogen-bond donors (Lipinski definition) is 9. The summed E-state index contributed by atoms with van der Waals surface area (Å²) < 4.78 is 39.0. The molecule has 3 heterocycles. The number of amides is 1. The third kappa shape index (κ3) is 10.9. The predicted octanol–water partition coefficient (Wildman–Crippen LogP) is -3.47. The molecule has 0 saturated carbocycles. The number of aliphatic hydroxyl groups excluding tert-OH is 8. The van der Waals surface area contributed by atoms with Crippen LogP contribution in [0, 0.1) is 0 Å². The summed E-state index contributed by atoms with van der Waals surface area (Å²) >= 11 is 0. The lowest BCUT2D eigenvalue weighted by Gasteiger charge is -2.47. The fourth-order valence-electron chi connectivity index (χ4n) is 5.78. The van der Waals surface area contributed by atoms with E-state index in [2.05, 4.69) is 10.1 Å². The zero-order valence-electron chi connectivity index (χ0n) is 27.5. The van der Waals surface area contributed by atoms with Gasteiger partial charge >= 0.3 is 5.97 Å². The van der Waals surface area contributed by atoms with Crippen LogP contribution in [0.3, 0.4) is 0 Å². The first-order valence-electron chi connectivity index (χ1n) is 16.4. The molecule has 18 heteroatoms. The van der Waals surface area contributed by atoms with E-state index in [1.54, 1.807) is 0 Å². The van der Waals surface area contributed by atoms with Crippen LogP contribution in [0.25, 0.3) is 0 Å². The van der Waals surface area contributed by atoms with Crippen LogP contribution in [0.5, 0.6) is 0 Å². The van der Waals surface area contributed by atoms with E-state index in [1.165, 1.54) is 14.0 Å². The Kier molecular flexibility index (Phi) is 16.7. The minimum atomic E-state index is -1.66. The van der Waals surface area contributed by atoms with Gasteiger partial charge in [-0.15, -0.1) is 0 Å². The maximum absolute atomic E-state index is 11.8. The molecule has 18 nitrogen and oxygen atoms in total. The van der Waals surface area contributed by atoms with Crippen molar-refractivity contribution in [1.82, 2.24) is 5.32 Å². The molecule has 0 aromatic heterocycles. The summed E-state index contributed by atoms with van der Waals surface area (Å²) in [5.74, 6) is -0.845. The number of esters is 1. The van der Waals surface area contributed by atoms with Crippen molar-refractivity contribution in [3.8, 4) is 0 Å². The maximum Gasteiger partial charge on any atom is 0.305 e. The smallest absolute Gasteiger partial charge is 0.305 e. The second-order valence-corrected chi connectivity index (χ2v) is 12.4. The first-order valence-corrected chi connectivity index (χ1v) is 16.4. The standard InChI is InChI=1S/C30H53NO17/c1-14-20(35)25(40)27(48-28-19(31-15(2)33)23(38)21(36)16(12-32)46-28)30(45-14)44-13-17-22(37)24(39)26(41)29(47-17)43-11-9-7-5-4-6-8-10-18(34)42-3/h14,16-17,19-30,32,35-41H,4-13H2,1-3H3,(H,31,33)/t14-,16-,17-,19-,20-,21-,22-,23-,24+,25+,26-,27+,28+,29-,30+/m1/s1. The van der Waals surface area contributed by atoms with Gasteiger partial charge in [-0.2, -0.15) is 0 Å². The molecular weight excluding hydrogens is 646 g/mol. The van der Waals surface area contributed by atoms with Crippen LogP contribution in [0.2, 0.25) is 0 Å². The fourth-order valence-corrected chi connectivity index (χ4v) is 5.78. The molecule has 9 N–H and O–H groups in total. The van der Waals surface area contributed by atoms with Crippen molar-refractivity contribution in [2.45, 2.75) is 151 Å². The lowest BCUT2D eigenvalue weighted by atomic mass is 9.96. The molecule has 15 atom stereocenters. The van der Waals surface area contributed by atoms with Gasteiger partial charge in [0.2, 0.25) is 5.91 Å². The molecule has 3 fully saturated rings. The molecule has 0 aromatic rings. The number of aliphatic hydroxyl groups is 8. The zero-order valence-corrected chi connectivity index (χ0v) is 27.5. The normalized spacial score (nSPS) is 40.4. The van der Waals surface area contributed by atoms with Gasteiger partial charge in [-0.3, -0.25) is 9.59 Å². The highest BCUT2D eigenvalue weighted by molar-refractivity contribution is 5.73. The van der Waals surface area contributed by atoms with Crippen molar-refractivity contribution in [3.05, 3.63) is 0 Å². The molecule has 48 heavy (non-hydrogen) atoms. The van der Waals surface area contributed by atoms with Crippen molar-refractivity contribution >= 4 is 11.9 Å². The second-order valence-electron chi connectivity index (χ2n) is 12.4. The van der Waals surface area contributed by atoms with Crippen molar-refractivity contribution in [1.29, 1.82) is 0 Å². The molecule has 0 radical (unpaired) electrons. The maximum atomic E-state index is 11.8. The number of ether oxygens (including phenoxy) is 7. The van der Waals surface area contributed by atoms with E-state index in [1.807, 2.05) is 0 Å². The van der Waals surface area contributed by atoms with Crippen LogP contribution >= 0.6 is 0 Å². The molecule has 0 bridgehead atoms. The first kappa shape index (κ1) is 40.8. The van der Waals surface area contributed by atoms with E-state index in [-0.39, 0.29) is 12.6 Å². The Morgan fingerprint density at radius 1 is 0.688 bits per heavy atom. The summed E-state index contributed by atoms with van der Waals surface area (Å²) in [7, 11) is 1.36. The Hall–Kier alpha value is -1.62. The molecule has 0 unspecified atom stereocenters. The number of rotatable bonds is 17. The molecule has 3 saturated heterocycles. The van der Waals surface area contributed by atoms with Gasteiger partial charge in [0, 0.05) is 20.0 Å². The SMILES string of the molecule is COC(=O)CCCCCCCCO[C@@H]1O[C@H](CO[C@H]2O[C@H](C)[C@@H](O)[C@H](O)[C@@H]2O[C@@H]2O[C@H](CO)[C@@H](O)[C@H](O)[C@H]2NC(C)=O)[C@@H](O)[C@H](O)[C@H]1O. The van der Waals surface area contributed by atoms with Crippen LogP contribution in [0.4, 0.5) is 0 Å². The summed E-state index contributed by atoms with van der Waals surface area (Å²) in [4.78, 5) is 23.0. The lowest BCUT2D eigenvalue weighted by molar-refractivity contribution is -0.360. The Bertz CT molecular complexity index is 978. The van der Waals surface area contributed by atoms with Gasteiger partial charge in [0.15, 0.2) is 18.9 Å². The fraction of sp³-hybridized carbons (Fsp3) is 0.933. The van der Waals surface area contributed by atoms with Crippen LogP contribution in [0.1, 0.15) is 58.8 Å². The highest BCUT2D eigenvalue weighted by Gasteiger charge is 2.52. The lowest BCUT2D eigenvalue weighted by Crippen LogP contribution is -2.67. The molecule has 280 valence electrons. The Morgan fingerprint density at radius 2 is 1.31 bits per heavy atom. The van der Waals surface area contributed by atoms with Gasteiger partial charge < -0.3 is 79.3 Å². The second kappa shape index (κ2) is 19.7. The van der Waals surface area contributed by atoms with Crippen LogP contribution in [-0.4, -0.2) is 172 Å².